The predicted molar refractivity (Wildman–Crippen MR) is 127 cm³/mol. The number of carbonyl (C=O) groups is 1. The van der Waals surface area contributed by atoms with E-state index in [1.807, 2.05) is 13.8 Å². The number of amides is 1. The van der Waals surface area contributed by atoms with Crippen molar-refractivity contribution in [2.45, 2.75) is 45.1 Å². The number of hydrogen-bond donors (Lipinski definition) is 1. The number of rotatable bonds is 6. The maximum atomic E-state index is 12.8. The van der Waals surface area contributed by atoms with Gasteiger partial charge in [0.25, 0.3) is 5.56 Å². The third kappa shape index (κ3) is 4.90. The first kappa shape index (κ1) is 23.3. The van der Waals surface area contributed by atoms with E-state index < -0.39 is 10.0 Å². The molecule has 11 heteroatoms. The van der Waals surface area contributed by atoms with Crippen molar-refractivity contribution in [2.24, 2.45) is 0 Å². The molecule has 0 aliphatic carbocycles. The molecule has 1 amide bonds. The molecular weight excluding hydrogens is 462 g/mol. The molecule has 1 aromatic carbocycles. The highest BCUT2D eigenvalue weighted by Crippen LogP contribution is 2.29. The number of nitrogens with zero attached hydrogens (tertiary/aromatic N) is 4. The molecule has 2 aromatic heterocycles. The van der Waals surface area contributed by atoms with Gasteiger partial charge in [-0.15, -0.1) is 11.3 Å². The Bertz CT molecular complexity index is 1380. The Morgan fingerprint density at radius 2 is 2.00 bits per heavy atom. The Labute approximate surface area is 196 Å². The normalized spacial score (nSPS) is 13.7. The molecule has 0 saturated heterocycles. The predicted octanol–water partition coefficient (Wildman–Crippen LogP) is 2.26. The van der Waals surface area contributed by atoms with Gasteiger partial charge in [0.15, 0.2) is 0 Å². The van der Waals surface area contributed by atoms with Crippen LogP contribution in [-0.2, 0) is 27.8 Å². The molecule has 1 aliphatic heterocycles. The largest absolute Gasteiger partial charge is 0.312 e. The van der Waals surface area contributed by atoms with Crippen LogP contribution >= 0.6 is 11.3 Å². The number of anilines is 1. The van der Waals surface area contributed by atoms with E-state index in [0.29, 0.717) is 18.7 Å². The molecule has 33 heavy (non-hydrogen) atoms. The van der Waals surface area contributed by atoms with Gasteiger partial charge in [0.05, 0.1) is 27.0 Å². The first-order valence-electron chi connectivity index (χ1n) is 10.6. The second-order valence-corrected chi connectivity index (χ2v) is 10.9. The maximum absolute atomic E-state index is 12.8. The fourth-order valence-electron chi connectivity index (χ4n) is 3.94. The fourth-order valence-corrected chi connectivity index (χ4v) is 5.89. The summed E-state index contributed by atoms with van der Waals surface area (Å²) in [6.07, 6.45) is 1.50. The topological polar surface area (TPSA) is 114 Å². The van der Waals surface area contributed by atoms with E-state index in [-0.39, 0.29) is 29.5 Å². The van der Waals surface area contributed by atoms with E-state index in [9.17, 15) is 18.0 Å². The van der Waals surface area contributed by atoms with E-state index >= 15 is 0 Å². The standard InChI is InChI=1S/C22H25N5O4S2/c1-14-22(32-15(2)24-14)19-7-9-21(29)27(25-19)12-10-23-33(30,31)18-6-8-20-17(13-18)5-4-11-26(20)16(3)28/h6-9,13,23H,4-5,10-12H2,1-3H3. The molecule has 0 radical (unpaired) electrons. The van der Waals surface area contributed by atoms with E-state index in [1.165, 1.54) is 35.1 Å². The Morgan fingerprint density at radius 3 is 2.70 bits per heavy atom. The van der Waals surface area contributed by atoms with Crippen LogP contribution in [-0.4, -0.2) is 42.2 Å². The van der Waals surface area contributed by atoms with Gasteiger partial charge in [0.1, 0.15) is 5.69 Å². The van der Waals surface area contributed by atoms with Crippen molar-refractivity contribution in [3.8, 4) is 10.6 Å². The van der Waals surface area contributed by atoms with Crippen LogP contribution in [0.4, 0.5) is 5.69 Å². The maximum Gasteiger partial charge on any atom is 0.266 e. The summed E-state index contributed by atoms with van der Waals surface area (Å²) in [6.45, 7) is 6.03. The first-order valence-corrected chi connectivity index (χ1v) is 12.9. The number of thiazole rings is 1. The van der Waals surface area contributed by atoms with Crippen LogP contribution in [0.15, 0.2) is 40.0 Å². The van der Waals surface area contributed by atoms with E-state index in [4.69, 9.17) is 0 Å². The number of benzene rings is 1. The molecule has 0 spiro atoms. The number of aryl methyl sites for hydroxylation is 3. The second kappa shape index (κ2) is 9.16. The molecule has 0 bridgehead atoms. The van der Waals surface area contributed by atoms with Gasteiger partial charge < -0.3 is 4.90 Å². The minimum absolute atomic E-state index is 0.00997. The molecule has 174 valence electrons. The molecule has 3 heterocycles. The summed E-state index contributed by atoms with van der Waals surface area (Å²) in [6, 6.07) is 7.88. The van der Waals surface area contributed by atoms with Gasteiger partial charge in [-0.1, -0.05) is 0 Å². The lowest BCUT2D eigenvalue weighted by Gasteiger charge is -2.28. The van der Waals surface area contributed by atoms with Crippen LogP contribution < -0.4 is 15.2 Å². The van der Waals surface area contributed by atoms with Gasteiger partial charge in [0.2, 0.25) is 15.9 Å². The first-order chi connectivity index (χ1) is 15.7. The number of sulfonamides is 1. The van der Waals surface area contributed by atoms with Crippen LogP contribution in [0, 0.1) is 13.8 Å². The summed E-state index contributed by atoms with van der Waals surface area (Å²) in [5, 5.41) is 5.30. The smallest absolute Gasteiger partial charge is 0.266 e. The summed E-state index contributed by atoms with van der Waals surface area (Å²) in [7, 11) is -3.78. The number of aromatic nitrogens is 3. The molecule has 0 saturated carbocycles. The Balaban J connectivity index is 1.49. The van der Waals surface area contributed by atoms with Crippen molar-refractivity contribution in [2.75, 3.05) is 18.0 Å². The molecule has 9 nitrogen and oxygen atoms in total. The lowest BCUT2D eigenvalue weighted by molar-refractivity contribution is -0.116. The Hall–Kier alpha value is -2.89. The summed E-state index contributed by atoms with van der Waals surface area (Å²) < 4.78 is 29.5. The van der Waals surface area contributed by atoms with Gasteiger partial charge >= 0.3 is 0 Å². The zero-order valence-electron chi connectivity index (χ0n) is 18.7. The fraction of sp³-hybridized carbons (Fsp3) is 0.364. The third-order valence-corrected chi connectivity index (χ3v) is 8.03. The molecule has 0 fully saturated rings. The number of carbonyl (C=O) groups excluding carboxylic acids is 1. The van der Waals surface area contributed by atoms with Crippen molar-refractivity contribution in [3.05, 3.63) is 57.0 Å². The van der Waals surface area contributed by atoms with Gasteiger partial charge in [-0.25, -0.2) is 22.8 Å². The van der Waals surface area contributed by atoms with Crippen LogP contribution in [0.5, 0.6) is 0 Å². The molecule has 1 N–H and O–H groups in total. The summed E-state index contributed by atoms with van der Waals surface area (Å²) in [4.78, 5) is 31.2. The quantitative estimate of drug-likeness (QED) is 0.570. The van der Waals surface area contributed by atoms with Gasteiger partial charge in [0, 0.05) is 31.8 Å². The third-order valence-electron chi connectivity index (χ3n) is 5.48. The summed E-state index contributed by atoms with van der Waals surface area (Å²) >= 11 is 1.50. The highest BCUT2D eigenvalue weighted by molar-refractivity contribution is 7.89. The molecule has 0 atom stereocenters. The summed E-state index contributed by atoms with van der Waals surface area (Å²) in [5.41, 5.74) is 2.75. The second-order valence-electron chi connectivity index (χ2n) is 7.89. The van der Waals surface area contributed by atoms with Crippen molar-refractivity contribution < 1.29 is 13.2 Å². The van der Waals surface area contributed by atoms with Crippen molar-refractivity contribution in [1.82, 2.24) is 19.5 Å². The monoisotopic (exact) mass is 487 g/mol. The van der Waals surface area contributed by atoms with Crippen LogP contribution in [0.25, 0.3) is 10.6 Å². The Kier molecular flexibility index (Phi) is 6.46. The SMILES string of the molecule is CC(=O)N1CCCc2cc(S(=O)(=O)NCCn3nc(-c4sc(C)nc4C)ccc3=O)ccc21. The average molecular weight is 488 g/mol. The minimum Gasteiger partial charge on any atom is -0.312 e. The lowest BCUT2D eigenvalue weighted by Crippen LogP contribution is -2.34. The van der Waals surface area contributed by atoms with Crippen molar-refractivity contribution >= 4 is 33.0 Å². The van der Waals surface area contributed by atoms with Crippen molar-refractivity contribution in [3.63, 3.8) is 0 Å². The van der Waals surface area contributed by atoms with E-state index in [1.54, 1.807) is 23.1 Å². The zero-order valence-corrected chi connectivity index (χ0v) is 20.3. The molecular formula is C22H25N5O4S2. The van der Waals surface area contributed by atoms with Crippen LogP contribution in [0.3, 0.4) is 0 Å². The molecule has 1 aliphatic rings. The van der Waals surface area contributed by atoms with Gasteiger partial charge in [-0.2, -0.15) is 5.10 Å². The molecule has 0 unspecified atom stereocenters. The van der Waals surface area contributed by atoms with E-state index in [2.05, 4.69) is 14.8 Å². The zero-order chi connectivity index (χ0) is 23.8. The minimum atomic E-state index is -3.78. The summed E-state index contributed by atoms with van der Waals surface area (Å²) in [5.74, 6) is -0.0615. The highest BCUT2D eigenvalue weighted by Gasteiger charge is 2.23. The number of nitrogens with one attached hydrogen (secondary N) is 1. The molecule has 3 aromatic rings. The highest BCUT2D eigenvalue weighted by atomic mass is 32.2. The van der Waals surface area contributed by atoms with E-state index in [0.717, 1.165) is 33.3 Å². The molecule has 4 rings (SSSR count). The number of fused-ring (bicyclic) bond motifs is 1. The van der Waals surface area contributed by atoms with Crippen LogP contribution in [0.1, 0.15) is 29.6 Å². The Morgan fingerprint density at radius 1 is 1.21 bits per heavy atom. The van der Waals surface area contributed by atoms with Crippen molar-refractivity contribution in [1.29, 1.82) is 0 Å². The van der Waals surface area contributed by atoms with Gasteiger partial charge in [-0.05, 0) is 56.5 Å². The van der Waals surface area contributed by atoms with Gasteiger partial charge in [-0.3, -0.25) is 9.59 Å². The van der Waals surface area contributed by atoms with Crippen LogP contribution in [0.2, 0.25) is 0 Å². The number of hydrogen-bond acceptors (Lipinski definition) is 7. The lowest BCUT2D eigenvalue weighted by atomic mass is 10.0. The average Bonchev–Trinajstić information content (AvgIpc) is 3.11.